The van der Waals surface area contributed by atoms with Crippen molar-refractivity contribution in [1.29, 1.82) is 0 Å². The van der Waals surface area contributed by atoms with Crippen molar-refractivity contribution < 1.29 is 14.3 Å². The van der Waals surface area contributed by atoms with Crippen molar-refractivity contribution in [1.82, 2.24) is 15.1 Å². The third-order valence-corrected chi connectivity index (χ3v) is 3.84. The molecule has 1 aliphatic rings. The lowest BCUT2D eigenvalue weighted by Gasteiger charge is -2.26. The number of ether oxygens (including phenoxy) is 2. The van der Waals surface area contributed by atoms with E-state index in [1.54, 1.807) is 42.3 Å². The van der Waals surface area contributed by atoms with Gasteiger partial charge in [0.15, 0.2) is 11.5 Å². The van der Waals surface area contributed by atoms with Crippen LogP contribution in [0.4, 0.5) is 11.5 Å². The van der Waals surface area contributed by atoms with Gasteiger partial charge in [-0.25, -0.2) is 0 Å². The van der Waals surface area contributed by atoms with Gasteiger partial charge in [0.25, 0.3) is 5.91 Å². The first-order chi connectivity index (χ1) is 11.7. The van der Waals surface area contributed by atoms with E-state index in [1.165, 1.54) is 0 Å². The number of morpholine rings is 1. The molecule has 0 aliphatic carbocycles. The molecule has 126 valence electrons. The van der Waals surface area contributed by atoms with Crippen LogP contribution in [0.25, 0.3) is 0 Å². The zero-order valence-electron chi connectivity index (χ0n) is 13.2. The smallest absolute Gasteiger partial charge is 0.274 e. The third-order valence-electron chi connectivity index (χ3n) is 3.61. The van der Waals surface area contributed by atoms with Crippen LogP contribution in [0.5, 0.6) is 5.75 Å². The number of nitrogens with one attached hydrogen (secondary N) is 1. The van der Waals surface area contributed by atoms with Crippen molar-refractivity contribution >= 4 is 29.0 Å². The Bertz CT molecular complexity index is 718. The van der Waals surface area contributed by atoms with E-state index < -0.39 is 0 Å². The maximum atomic E-state index is 12.3. The third kappa shape index (κ3) is 3.74. The molecular weight excluding hydrogens is 332 g/mol. The van der Waals surface area contributed by atoms with Gasteiger partial charge in [-0.1, -0.05) is 11.6 Å². The summed E-state index contributed by atoms with van der Waals surface area (Å²) in [7, 11) is 1.57. The lowest BCUT2D eigenvalue weighted by Crippen LogP contribution is -2.41. The fraction of sp³-hybridized carbons (Fsp3) is 0.312. The van der Waals surface area contributed by atoms with Gasteiger partial charge in [-0.15, -0.1) is 10.2 Å². The molecule has 1 fully saturated rings. The van der Waals surface area contributed by atoms with Gasteiger partial charge in [0, 0.05) is 18.1 Å². The summed E-state index contributed by atoms with van der Waals surface area (Å²) in [6.45, 7) is 2.24. The van der Waals surface area contributed by atoms with Gasteiger partial charge >= 0.3 is 0 Å². The highest BCUT2D eigenvalue weighted by Crippen LogP contribution is 2.29. The molecule has 0 atom stereocenters. The average molecular weight is 349 g/mol. The number of carbonyl (C=O) groups is 1. The Kier molecular flexibility index (Phi) is 5.12. The van der Waals surface area contributed by atoms with E-state index in [4.69, 9.17) is 21.1 Å². The Hall–Kier alpha value is -2.38. The van der Waals surface area contributed by atoms with E-state index in [9.17, 15) is 4.79 Å². The number of hydrogen-bond donors (Lipinski definition) is 1. The van der Waals surface area contributed by atoms with Crippen molar-refractivity contribution in [2.45, 2.75) is 0 Å². The van der Waals surface area contributed by atoms with Gasteiger partial charge < -0.3 is 19.7 Å². The molecule has 0 bridgehead atoms. The number of rotatable bonds is 4. The second kappa shape index (κ2) is 7.46. The van der Waals surface area contributed by atoms with Gasteiger partial charge in [0.2, 0.25) is 0 Å². The molecule has 8 heteroatoms. The van der Waals surface area contributed by atoms with Gasteiger partial charge in [-0.05, 0) is 30.3 Å². The van der Waals surface area contributed by atoms with Gasteiger partial charge in [-0.3, -0.25) is 4.79 Å². The average Bonchev–Trinajstić information content (AvgIpc) is 2.63. The molecule has 1 aromatic heterocycles. The van der Waals surface area contributed by atoms with E-state index in [1.807, 2.05) is 0 Å². The molecule has 2 aromatic rings. The maximum Gasteiger partial charge on any atom is 0.274 e. The molecule has 0 unspecified atom stereocenters. The number of methoxy groups -OCH3 is 1. The van der Waals surface area contributed by atoms with E-state index in [2.05, 4.69) is 15.5 Å². The molecule has 0 radical (unpaired) electrons. The minimum atomic E-state index is -0.141. The van der Waals surface area contributed by atoms with E-state index in [0.717, 1.165) is 0 Å². The topological polar surface area (TPSA) is 76.6 Å². The molecule has 0 saturated carbocycles. The number of aromatic nitrogens is 2. The highest BCUT2D eigenvalue weighted by Gasteiger charge is 2.20. The summed E-state index contributed by atoms with van der Waals surface area (Å²) in [5, 5.41) is 11.7. The van der Waals surface area contributed by atoms with Gasteiger partial charge in [-0.2, -0.15) is 0 Å². The van der Waals surface area contributed by atoms with E-state index in [0.29, 0.717) is 54.3 Å². The van der Waals surface area contributed by atoms with Crippen LogP contribution in [-0.4, -0.2) is 54.4 Å². The quantitative estimate of drug-likeness (QED) is 0.914. The Morgan fingerprint density at radius 1 is 1.25 bits per heavy atom. The first-order valence-electron chi connectivity index (χ1n) is 7.48. The number of anilines is 2. The molecule has 2 heterocycles. The van der Waals surface area contributed by atoms with Crippen molar-refractivity contribution in [2.75, 3.05) is 38.7 Å². The van der Waals surface area contributed by atoms with Crippen LogP contribution in [-0.2, 0) is 4.74 Å². The largest absolute Gasteiger partial charge is 0.495 e. The number of nitrogens with zero attached hydrogens (tertiary/aromatic N) is 3. The van der Waals surface area contributed by atoms with Crippen LogP contribution in [0.1, 0.15) is 10.5 Å². The lowest BCUT2D eigenvalue weighted by atomic mass is 10.3. The minimum absolute atomic E-state index is 0.141. The van der Waals surface area contributed by atoms with Crippen LogP contribution in [0, 0.1) is 0 Å². The summed E-state index contributed by atoms with van der Waals surface area (Å²) in [6, 6.07) is 8.57. The second-order valence-corrected chi connectivity index (χ2v) is 5.61. The zero-order valence-corrected chi connectivity index (χ0v) is 13.9. The summed E-state index contributed by atoms with van der Waals surface area (Å²) >= 11 is 6.00. The number of benzene rings is 1. The predicted octanol–water partition coefficient (Wildman–Crippen LogP) is 2.35. The zero-order chi connectivity index (χ0) is 16.9. The van der Waals surface area contributed by atoms with Crippen LogP contribution in [0.3, 0.4) is 0 Å². The Labute approximate surface area is 144 Å². The molecule has 1 N–H and O–H groups in total. The highest BCUT2D eigenvalue weighted by molar-refractivity contribution is 6.31. The van der Waals surface area contributed by atoms with Gasteiger partial charge in [0.05, 0.1) is 26.0 Å². The summed E-state index contributed by atoms with van der Waals surface area (Å²) < 4.78 is 10.5. The van der Waals surface area contributed by atoms with Crippen molar-refractivity contribution in [2.24, 2.45) is 0 Å². The summed E-state index contributed by atoms with van der Waals surface area (Å²) in [4.78, 5) is 14.0. The minimum Gasteiger partial charge on any atom is -0.495 e. The fourth-order valence-electron chi connectivity index (χ4n) is 2.36. The van der Waals surface area contributed by atoms with E-state index in [-0.39, 0.29) is 5.91 Å². The standard InChI is InChI=1S/C16H17ClN4O3/c1-23-14-4-2-11(17)10-13(14)18-15-5-3-12(19-20-15)16(22)21-6-8-24-9-7-21/h2-5,10H,6-9H2,1H3,(H,18,20). The molecular formula is C16H17ClN4O3. The Morgan fingerprint density at radius 3 is 2.71 bits per heavy atom. The molecule has 0 spiro atoms. The number of amides is 1. The first kappa shape index (κ1) is 16.5. The molecule has 3 rings (SSSR count). The summed E-state index contributed by atoms with van der Waals surface area (Å²) in [5.41, 5.74) is 0.979. The van der Waals surface area contributed by atoms with Crippen molar-refractivity contribution in [3.63, 3.8) is 0 Å². The Morgan fingerprint density at radius 2 is 2.04 bits per heavy atom. The van der Waals surface area contributed by atoms with Crippen LogP contribution >= 0.6 is 11.6 Å². The SMILES string of the molecule is COc1ccc(Cl)cc1Nc1ccc(C(=O)N2CCOCC2)nn1. The number of hydrogen-bond acceptors (Lipinski definition) is 6. The Balaban J connectivity index is 1.73. The second-order valence-electron chi connectivity index (χ2n) is 5.18. The molecule has 7 nitrogen and oxygen atoms in total. The van der Waals surface area contributed by atoms with Crippen LogP contribution < -0.4 is 10.1 Å². The van der Waals surface area contributed by atoms with Crippen LogP contribution in [0.15, 0.2) is 30.3 Å². The van der Waals surface area contributed by atoms with Gasteiger partial charge in [0.1, 0.15) is 5.75 Å². The lowest BCUT2D eigenvalue weighted by molar-refractivity contribution is 0.0298. The molecule has 1 aromatic carbocycles. The number of halogens is 1. The molecule has 1 saturated heterocycles. The molecule has 1 amide bonds. The summed E-state index contributed by atoms with van der Waals surface area (Å²) in [5.74, 6) is 0.987. The first-order valence-corrected chi connectivity index (χ1v) is 7.86. The maximum absolute atomic E-state index is 12.3. The highest BCUT2D eigenvalue weighted by atomic mass is 35.5. The molecule has 24 heavy (non-hydrogen) atoms. The summed E-state index contributed by atoms with van der Waals surface area (Å²) in [6.07, 6.45) is 0. The normalized spacial score (nSPS) is 14.3. The predicted molar refractivity (Wildman–Crippen MR) is 90.0 cm³/mol. The monoisotopic (exact) mass is 348 g/mol. The van der Waals surface area contributed by atoms with Crippen LogP contribution in [0.2, 0.25) is 5.02 Å². The fourth-order valence-corrected chi connectivity index (χ4v) is 2.53. The van der Waals surface area contributed by atoms with E-state index >= 15 is 0 Å². The van der Waals surface area contributed by atoms with Crippen molar-refractivity contribution in [3.8, 4) is 5.75 Å². The number of carbonyl (C=O) groups excluding carboxylic acids is 1. The molecule has 1 aliphatic heterocycles. The van der Waals surface area contributed by atoms with Crippen molar-refractivity contribution in [3.05, 3.63) is 41.0 Å².